The molecule has 9 nitrogen and oxygen atoms in total. The van der Waals surface area contributed by atoms with Gasteiger partial charge in [0.25, 0.3) is 5.91 Å². The second kappa shape index (κ2) is 8.64. The highest BCUT2D eigenvalue weighted by Gasteiger charge is 2.30. The van der Waals surface area contributed by atoms with Gasteiger partial charge in [0, 0.05) is 44.5 Å². The van der Waals surface area contributed by atoms with Crippen molar-refractivity contribution >= 4 is 23.4 Å². The lowest BCUT2D eigenvalue weighted by atomic mass is 10.0. The van der Waals surface area contributed by atoms with E-state index in [1.807, 2.05) is 4.90 Å². The van der Waals surface area contributed by atoms with Crippen molar-refractivity contribution in [1.82, 2.24) is 30.1 Å². The number of hydrogen-bond donors (Lipinski definition) is 2. The molecule has 2 aliphatic rings. The Labute approximate surface area is 188 Å². The summed E-state index contributed by atoms with van der Waals surface area (Å²) in [5, 5.41) is 9.72. The Morgan fingerprint density at radius 3 is 2.94 bits per heavy atom. The van der Waals surface area contributed by atoms with Crippen LogP contribution in [0.2, 0.25) is 0 Å². The Morgan fingerprint density at radius 1 is 1.24 bits per heavy atom. The van der Waals surface area contributed by atoms with E-state index >= 15 is 0 Å². The van der Waals surface area contributed by atoms with Crippen molar-refractivity contribution in [2.75, 3.05) is 37.6 Å². The molecule has 2 fully saturated rings. The van der Waals surface area contributed by atoms with Crippen LogP contribution in [0, 0.1) is 11.6 Å². The van der Waals surface area contributed by atoms with Gasteiger partial charge in [-0.15, -0.1) is 0 Å². The Hall–Kier alpha value is -3.76. The summed E-state index contributed by atoms with van der Waals surface area (Å²) in [7, 11) is 0. The molecule has 0 radical (unpaired) electrons. The zero-order chi connectivity index (χ0) is 22.9. The van der Waals surface area contributed by atoms with Crippen molar-refractivity contribution in [2.24, 2.45) is 0 Å². The van der Waals surface area contributed by atoms with E-state index in [1.54, 1.807) is 17.2 Å². The Kier molecular flexibility index (Phi) is 5.53. The molecular formula is C22H23F2N7O2. The van der Waals surface area contributed by atoms with Crippen LogP contribution >= 0.6 is 0 Å². The maximum Gasteiger partial charge on any atom is 0.317 e. The highest BCUT2D eigenvalue weighted by molar-refractivity contribution is 5.99. The van der Waals surface area contributed by atoms with E-state index in [0.29, 0.717) is 61.7 Å². The van der Waals surface area contributed by atoms with Crippen LogP contribution < -0.4 is 15.5 Å². The molecule has 33 heavy (non-hydrogen) atoms. The van der Waals surface area contributed by atoms with Crippen LogP contribution in [0.3, 0.4) is 0 Å². The summed E-state index contributed by atoms with van der Waals surface area (Å²) in [5.74, 6) is -0.714. The Morgan fingerprint density at radius 2 is 2.12 bits per heavy atom. The lowest BCUT2D eigenvalue weighted by Gasteiger charge is -2.26. The number of rotatable bonds is 6. The fraction of sp³-hybridized carbons (Fsp3) is 0.364. The molecule has 3 amide bonds. The monoisotopic (exact) mass is 455 g/mol. The van der Waals surface area contributed by atoms with Gasteiger partial charge in [0.1, 0.15) is 23.0 Å². The first-order valence-electron chi connectivity index (χ1n) is 10.9. The summed E-state index contributed by atoms with van der Waals surface area (Å²) in [6.07, 6.45) is 4.62. The number of amides is 3. The highest BCUT2D eigenvalue weighted by atomic mass is 19.1. The van der Waals surface area contributed by atoms with Crippen molar-refractivity contribution in [3.63, 3.8) is 0 Å². The van der Waals surface area contributed by atoms with Gasteiger partial charge < -0.3 is 20.4 Å². The number of hydrogen-bond acceptors (Lipinski definition) is 5. The summed E-state index contributed by atoms with van der Waals surface area (Å²) in [5.41, 5.74) is 0.969. The van der Waals surface area contributed by atoms with Gasteiger partial charge in [-0.3, -0.25) is 4.79 Å². The first-order chi connectivity index (χ1) is 16.0. The molecule has 11 heteroatoms. The van der Waals surface area contributed by atoms with Crippen LogP contribution in [0.15, 0.2) is 36.7 Å². The standard InChI is InChI=1S/C22H23F2N7O2/c23-14-3-4-17(24)15(12-14)18-2-1-8-30(18)19-5-9-31-20(28-19)16(13-27-31)21(32)25-6-10-29-11-7-26-22(29)33/h3-5,9,12-13,18H,1-2,6-8,10-11H2,(H,25,32)(H,26,33). The summed E-state index contributed by atoms with van der Waals surface area (Å²) in [6.45, 7) is 2.56. The average molecular weight is 455 g/mol. The van der Waals surface area contributed by atoms with Crippen LogP contribution in [-0.2, 0) is 0 Å². The predicted molar refractivity (Wildman–Crippen MR) is 116 cm³/mol. The lowest BCUT2D eigenvalue weighted by Crippen LogP contribution is -2.36. The molecule has 3 aromatic rings. The van der Waals surface area contributed by atoms with E-state index in [4.69, 9.17) is 0 Å². The van der Waals surface area contributed by atoms with Crippen LogP contribution in [0.4, 0.5) is 19.4 Å². The van der Waals surface area contributed by atoms with Gasteiger partial charge in [0.05, 0.1) is 12.2 Å². The third-order valence-electron chi connectivity index (χ3n) is 6.08. The van der Waals surface area contributed by atoms with E-state index < -0.39 is 11.6 Å². The SMILES string of the molecule is O=C(NCCN1CCNC1=O)c1cnn2ccc(N3CCCC3c3cc(F)ccc3F)nc12. The topological polar surface area (TPSA) is 94.9 Å². The maximum absolute atomic E-state index is 14.4. The zero-order valence-corrected chi connectivity index (χ0v) is 17.8. The second-order valence-corrected chi connectivity index (χ2v) is 8.10. The molecule has 2 saturated heterocycles. The number of benzene rings is 1. The molecule has 2 aliphatic heterocycles. The van der Waals surface area contributed by atoms with Gasteiger partial charge in [-0.05, 0) is 37.1 Å². The summed E-state index contributed by atoms with van der Waals surface area (Å²) < 4.78 is 29.7. The van der Waals surface area contributed by atoms with Gasteiger partial charge in [0.2, 0.25) is 0 Å². The lowest BCUT2D eigenvalue weighted by molar-refractivity contribution is 0.0951. The fourth-order valence-electron chi connectivity index (χ4n) is 4.44. The third kappa shape index (κ3) is 4.06. The first-order valence-corrected chi connectivity index (χ1v) is 10.9. The number of nitrogens with one attached hydrogen (secondary N) is 2. The predicted octanol–water partition coefficient (Wildman–Crippen LogP) is 2.10. The zero-order valence-electron chi connectivity index (χ0n) is 17.8. The Balaban J connectivity index is 1.36. The van der Waals surface area contributed by atoms with Crippen LogP contribution in [0.25, 0.3) is 5.65 Å². The van der Waals surface area contributed by atoms with E-state index in [9.17, 15) is 18.4 Å². The van der Waals surface area contributed by atoms with Crippen molar-refractivity contribution in [1.29, 1.82) is 0 Å². The summed E-state index contributed by atoms with van der Waals surface area (Å²) >= 11 is 0. The van der Waals surface area contributed by atoms with Gasteiger partial charge in [0.15, 0.2) is 5.65 Å². The van der Waals surface area contributed by atoms with Gasteiger partial charge in [-0.25, -0.2) is 23.1 Å². The minimum atomic E-state index is -0.483. The third-order valence-corrected chi connectivity index (χ3v) is 6.08. The molecule has 0 aliphatic carbocycles. The van der Waals surface area contributed by atoms with E-state index in [2.05, 4.69) is 20.7 Å². The van der Waals surface area contributed by atoms with Gasteiger partial charge in [-0.1, -0.05) is 0 Å². The quantitative estimate of drug-likeness (QED) is 0.594. The molecule has 2 N–H and O–H groups in total. The van der Waals surface area contributed by atoms with Crippen molar-refractivity contribution in [3.05, 3.63) is 59.4 Å². The number of halogens is 2. The number of urea groups is 1. The van der Waals surface area contributed by atoms with Gasteiger partial charge >= 0.3 is 6.03 Å². The molecule has 4 heterocycles. The normalized spacial score (nSPS) is 18.2. The largest absolute Gasteiger partial charge is 0.350 e. The molecule has 0 saturated carbocycles. The van der Waals surface area contributed by atoms with Crippen LogP contribution in [0.1, 0.15) is 34.8 Å². The first kappa shape index (κ1) is 21.1. The smallest absolute Gasteiger partial charge is 0.317 e. The minimum Gasteiger partial charge on any atom is -0.350 e. The number of aromatic nitrogens is 3. The Bertz CT molecular complexity index is 1210. The number of anilines is 1. The second-order valence-electron chi connectivity index (χ2n) is 8.10. The number of carbonyl (C=O) groups excluding carboxylic acids is 2. The molecule has 2 aromatic heterocycles. The van der Waals surface area contributed by atoms with E-state index in [-0.39, 0.29) is 18.0 Å². The summed E-state index contributed by atoms with van der Waals surface area (Å²) in [4.78, 5) is 32.6. The molecule has 1 atom stereocenters. The fourth-order valence-corrected chi connectivity index (χ4v) is 4.44. The molecule has 0 spiro atoms. The molecule has 172 valence electrons. The van der Waals surface area contributed by atoms with E-state index in [0.717, 1.165) is 18.6 Å². The van der Waals surface area contributed by atoms with Crippen LogP contribution in [-0.4, -0.2) is 64.2 Å². The molecular weight excluding hydrogens is 432 g/mol. The van der Waals surface area contributed by atoms with Gasteiger partial charge in [-0.2, -0.15) is 5.10 Å². The molecule has 0 bridgehead atoms. The minimum absolute atomic E-state index is 0.138. The number of fused-ring (bicyclic) bond motifs is 1. The van der Waals surface area contributed by atoms with Crippen molar-refractivity contribution in [3.8, 4) is 0 Å². The maximum atomic E-state index is 14.4. The van der Waals surface area contributed by atoms with Crippen molar-refractivity contribution < 1.29 is 18.4 Å². The average Bonchev–Trinajstić information content (AvgIpc) is 3.55. The molecule has 1 aromatic carbocycles. The van der Waals surface area contributed by atoms with Crippen LogP contribution in [0.5, 0.6) is 0 Å². The van der Waals surface area contributed by atoms with Crippen molar-refractivity contribution in [2.45, 2.75) is 18.9 Å². The number of carbonyl (C=O) groups is 2. The number of nitrogens with zero attached hydrogens (tertiary/aromatic N) is 5. The molecule has 5 rings (SSSR count). The highest BCUT2D eigenvalue weighted by Crippen LogP contribution is 2.36. The van der Waals surface area contributed by atoms with E-state index in [1.165, 1.54) is 16.8 Å². The molecule has 1 unspecified atom stereocenters. The summed E-state index contributed by atoms with van der Waals surface area (Å²) in [6, 6.07) is 4.75.